The second kappa shape index (κ2) is 3.92. The lowest BCUT2D eigenvalue weighted by Crippen LogP contribution is -1.87. The highest BCUT2D eigenvalue weighted by atomic mass is 79.9. The van der Waals surface area contributed by atoms with Gasteiger partial charge in [0.25, 0.3) is 0 Å². The molecule has 0 bridgehead atoms. The summed E-state index contributed by atoms with van der Waals surface area (Å²) in [5, 5.41) is 0. The molecule has 0 unspecified atom stereocenters. The first-order valence-electron chi connectivity index (χ1n) is 4.01. The van der Waals surface area contributed by atoms with E-state index in [-0.39, 0.29) is 5.82 Å². The van der Waals surface area contributed by atoms with E-state index in [4.69, 9.17) is 4.42 Å². The molecule has 2 aromatic rings. The van der Waals surface area contributed by atoms with Gasteiger partial charge in [0.15, 0.2) is 4.67 Å². The molecule has 0 saturated carbocycles. The lowest BCUT2D eigenvalue weighted by Gasteiger charge is -1.96. The molecule has 4 heteroatoms. The first-order valence-corrected chi connectivity index (χ1v) is 4.80. The smallest absolute Gasteiger partial charge is 0.200 e. The predicted molar refractivity (Wildman–Crippen MR) is 52.2 cm³/mol. The molecule has 0 aliphatic carbocycles. The van der Waals surface area contributed by atoms with E-state index in [1.807, 2.05) is 0 Å². The van der Waals surface area contributed by atoms with Gasteiger partial charge in [-0.2, -0.15) is 0 Å². The minimum Gasteiger partial charge on any atom is -0.433 e. The molecule has 0 N–H and O–H groups in total. The summed E-state index contributed by atoms with van der Waals surface area (Å²) in [6.07, 6.45) is 3.17. The molecule has 1 aromatic heterocycles. The van der Waals surface area contributed by atoms with Crippen molar-refractivity contribution in [3.8, 4) is 0 Å². The largest absolute Gasteiger partial charge is 0.433 e. The Kier molecular flexibility index (Phi) is 2.63. The fourth-order valence-corrected chi connectivity index (χ4v) is 1.38. The Balaban J connectivity index is 2.15. The topological polar surface area (TPSA) is 26.0 Å². The third kappa shape index (κ3) is 2.20. The fourth-order valence-electron chi connectivity index (χ4n) is 1.11. The van der Waals surface area contributed by atoms with Crippen LogP contribution in [0.5, 0.6) is 0 Å². The molecule has 1 heterocycles. The maximum Gasteiger partial charge on any atom is 0.200 e. The van der Waals surface area contributed by atoms with E-state index in [0.29, 0.717) is 17.0 Å². The zero-order valence-corrected chi connectivity index (χ0v) is 8.71. The molecule has 0 aliphatic rings. The summed E-state index contributed by atoms with van der Waals surface area (Å²) in [5.74, 6) is 0.317. The highest BCUT2D eigenvalue weighted by Crippen LogP contribution is 2.13. The first-order chi connectivity index (χ1) is 6.74. The maximum absolute atomic E-state index is 12.6. The van der Waals surface area contributed by atoms with Gasteiger partial charge in [0.05, 0.1) is 0 Å². The molecule has 0 aliphatic heterocycles. The summed E-state index contributed by atoms with van der Waals surface area (Å²) in [4.78, 5) is 3.90. The molecule has 1 radical (unpaired) electrons. The van der Waals surface area contributed by atoms with Crippen molar-refractivity contribution < 1.29 is 8.81 Å². The predicted octanol–water partition coefficient (Wildman–Crippen LogP) is 2.97. The van der Waals surface area contributed by atoms with Crippen LogP contribution >= 0.6 is 15.9 Å². The van der Waals surface area contributed by atoms with Crippen LogP contribution in [0.25, 0.3) is 0 Å². The molecule has 0 saturated heterocycles. The SMILES string of the molecule is Fc1ccc(Cc2n[c]c(Br)o2)cc1. The fraction of sp³-hybridized carbons (Fsp3) is 0.100. The van der Waals surface area contributed by atoms with Crippen LogP contribution in [0.1, 0.15) is 11.5 Å². The van der Waals surface area contributed by atoms with E-state index >= 15 is 0 Å². The van der Waals surface area contributed by atoms with Gasteiger partial charge in [-0.3, -0.25) is 0 Å². The standard InChI is InChI=1S/C10H6BrFNO/c11-9-6-13-10(14-9)5-7-1-3-8(12)4-2-7/h1-4H,5H2. The van der Waals surface area contributed by atoms with Crippen LogP contribution in [0.4, 0.5) is 4.39 Å². The summed E-state index contributed by atoms with van der Waals surface area (Å²) >= 11 is 3.11. The van der Waals surface area contributed by atoms with Crippen LogP contribution in [0.15, 0.2) is 33.4 Å². The van der Waals surface area contributed by atoms with E-state index in [0.717, 1.165) is 5.56 Å². The molecule has 0 fully saturated rings. The Hall–Kier alpha value is -1.16. The van der Waals surface area contributed by atoms with Crippen LogP contribution in [0.3, 0.4) is 0 Å². The normalized spacial score (nSPS) is 10.4. The van der Waals surface area contributed by atoms with Crippen LogP contribution < -0.4 is 0 Å². The van der Waals surface area contributed by atoms with E-state index in [9.17, 15) is 4.39 Å². The molecule has 71 valence electrons. The highest BCUT2D eigenvalue weighted by Gasteiger charge is 2.03. The third-order valence-corrected chi connectivity index (χ3v) is 2.08. The average molecular weight is 255 g/mol. The molecule has 0 spiro atoms. The number of aromatic nitrogens is 1. The summed E-state index contributed by atoms with van der Waals surface area (Å²) < 4.78 is 18.2. The Labute approximate surface area is 88.9 Å². The number of nitrogens with zero attached hydrogens (tertiary/aromatic N) is 1. The van der Waals surface area contributed by atoms with Gasteiger partial charge in [0, 0.05) is 6.42 Å². The summed E-state index contributed by atoms with van der Waals surface area (Å²) in [7, 11) is 0. The van der Waals surface area contributed by atoms with E-state index in [1.54, 1.807) is 12.1 Å². The van der Waals surface area contributed by atoms with E-state index in [2.05, 4.69) is 27.1 Å². The molecule has 0 amide bonds. The van der Waals surface area contributed by atoms with Gasteiger partial charge in [-0.05, 0) is 33.6 Å². The van der Waals surface area contributed by atoms with Crippen molar-refractivity contribution in [1.29, 1.82) is 0 Å². The van der Waals surface area contributed by atoms with Gasteiger partial charge in [-0.1, -0.05) is 12.1 Å². The minimum absolute atomic E-state index is 0.242. The third-order valence-electron chi connectivity index (χ3n) is 1.74. The second-order valence-electron chi connectivity index (χ2n) is 2.80. The maximum atomic E-state index is 12.6. The zero-order chi connectivity index (χ0) is 9.97. The van der Waals surface area contributed by atoms with Gasteiger partial charge in [0.2, 0.25) is 5.89 Å². The molecular weight excluding hydrogens is 249 g/mol. The van der Waals surface area contributed by atoms with Gasteiger partial charge < -0.3 is 4.42 Å². The quantitative estimate of drug-likeness (QED) is 0.824. The van der Waals surface area contributed by atoms with Gasteiger partial charge in [0.1, 0.15) is 12.0 Å². The van der Waals surface area contributed by atoms with Crippen molar-refractivity contribution in [3.63, 3.8) is 0 Å². The summed E-state index contributed by atoms with van der Waals surface area (Å²) in [5.41, 5.74) is 0.953. The van der Waals surface area contributed by atoms with Crippen LogP contribution in [-0.4, -0.2) is 4.98 Å². The number of oxazole rings is 1. The van der Waals surface area contributed by atoms with Gasteiger partial charge in [-0.15, -0.1) is 0 Å². The van der Waals surface area contributed by atoms with Crippen LogP contribution in [-0.2, 0) is 6.42 Å². The molecule has 0 atom stereocenters. The van der Waals surface area contributed by atoms with Crippen molar-refractivity contribution >= 4 is 15.9 Å². The van der Waals surface area contributed by atoms with Gasteiger partial charge in [-0.25, -0.2) is 9.37 Å². The van der Waals surface area contributed by atoms with E-state index < -0.39 is 0 Å². The van der Waals surface area contributed by atoms with Crippen molar-refractivity contribution in [2.24, 2.45) is 0 Å². The highest BCUT2D eigenvalue weighted by molar-refractivity contribution is 9.10. The molecule has 14 heavy (non-hydrogen) atoms. The lowest BCUT2D eigenvalue weighted by atomic mass is 10.1. The first kappa shape index (κ1) is 9.40. The Morgan fingerprint density at radius 3 is 2.64 bits per heavy atom. The Morgan fingerprint density at radius 2 is 2.07 bits per heavy atom. The average Bonchev–Trinajstić information content (AvgIpc) is 2.56. The monoisotopic (exact) mass is 254 g/mol. The number of benzene rings is 1. The second-order valence-corrected chi connectivity index (χ2v) is 3.52. The van der Waals surface area contributed by atoms with Crippen LogP contribution in [0.2, 0.25) is 0 Å². The van der Waals surface area contributed by atoms with Crippen molar-refractivity contribution in [2.45, 2.75) is 6.42 Å². The van der Waals surface area contributed by atoms with Crippen molar-refractivity contribution in [2.75, 3.05) is 0 Å². The molecule has 1 aromatic carbocycles. The number of hydrogen-bond donors (Lipinski definition) is 0. The van der Waals surface area contributed by atoms with Gasteiger partial charge >= 0.3 is 0 Å². The summed E-state index contributed by atoms with van der Waals surface area (Å²) in [6.45, 7) is 0. The number of rotatable bonds is 2. The number of hydrogen-bond acceptors (Lipinski definition) is 2. The Morgan fingerprint density at radius 1 is 1.36 bits per heavy atom. The summed E-state index contributed by atoms with van der Waals surface area (Å²) in [6, 6.07) is 6.23. The van der Waals surface area contributed by atoms with Crippen molar-refractivity contribution in [1.82, 2.24) is 4.98 Å². The minimum atomic E-state index is -0.242. The van der Waals surface area contributed by atoms with Crippen molar-refractivity contribution in [3.05, 3.63) is 52.4 Å². The lowest BCUT2D eigenvalue weighted by molar-refractivity contribution is 0.486. The van der Waals surface area contributed by atoms with Crippen LogP contribution in [0, 0.1) is 12.0 Å². The van der Waals surface area contributed by atoms with E-state index in [1.165, 1.54) is 12.1 Å². The molecule has 2 nitrogen and oxygen atoms in total. The molecular formula is C10H6BrFNO. The molecule has 2 rings (SSSR count). The zero-order valence-electron chi connectivity index (χ0n) is 7.13. The number of halogens is 2. The Bertz CT molecular complexity index is 424.